The molecular weight excluding hydrogens is 202 g/mol. The number of rotatable bonds is 2. The molecule has 0 saturated heterocycles. The van der Waals surface area contributed by atoms with Gasteiger partial charge in [0.05, 0.1) is 0 Å². The first kappa shape index (κ1) is 11.0. The van der Waals surface area contributed by atoms with Crippen molar-refractivity contribution in [2.24, 2.45) is 0 Å². The van der Waals surface area contributed by atoms with Crippen molar-refractivity contribution in [1.82, 2.24) is 0 Å². The zero-order valence-corrected chi connectivity index (χ0v) is 7.28. The Balaban J connectivity index is 3.02. The number of hydrogen-bond donors (Lipinski definition) is 0. The van der Waals surface area contributed by atoms with Gasteiger partial charge in [-0.05, 0) is 0 Å². The van der Waals surface area contributed by atoms with Crippen LogP contribution in [0.15, 0.2) is 24.3 Å². The minimum atomic E-state index is -5.10. The van der Waals surface area contributed by atoms with E-state index in [1.807, 2.05) is 0 Å². The van der Waals surface area contributed by atoms with Crippen LogP contribution in [0.5, 0.6) is 0 Å². The van der Waals surface area contributed by atoms with Gasteiger partial charge < -0.3 is 12.9 Å². The Kier molecular flexibility index (Phi) is 2.56. The summed E-state index contributed by atoms with van der Waals surface area (Å²) >= 11 is 0. The molecule has 78 valence electrons. The lowest BCUT2D eigenvalue weighted by Gasteiger charge is -2.16. The van der Waals surface area contributed by atoms with Crippen LogP contribution in [-0.2, 0) is 5.92 Å². The number of benzene rings is 1. The normalized spacial score (nSPS) is 13.0. The molecule has 1 aromatic carbocycles. The van der Waals surface area contributed by atoms with E-state index >= 15 is 0 Å². The second kappa shape index (κ2) is 3.26. The van der Waals surface area contributed by atoms with Crippen LogP contribution in [-0.4, -0.2) is 6.98 Å². The topological polar surface area (TPSA) is 0 Å². The Bertz CT molecular complexity index is 275. The monoisotopic (exact) mass is 209 g/mol. The highest BCUT2D eigenvalue weighted by Gasteiger charge is 2.28. The summed E-state index contributed by atoms with van der Waals surface area (Å²) in [5.74, 6) is -3.10. The standard InChI is InChI=1S/C8H7BF5/c1-8(10,11)6-2-4-7(5-3-6)9(12,13)14/h2-5H,1H3/q-1. The van der Waals surface area contributed by atoms with Crippen molar-refractivity contribution in [1.29, 1.82) is 0 Å². The quantitative estimate of drug-likeness (QED) is 0.518. The first-order valence-corrected chi connectivity index (χ1v) is 3.89. The van der Waals surface area contributed by atoms with Crippen LogP contribution in [0, 0.1) is 0 Å². The second-order valence-corrected chi connectivity index (χ2v) is 3.09. The van der Waals surface area contributed by atoms with Gasteiger partial charge in [0, 0.05) is 12.5 Å². The number of alkyl halides is 2. The van der Waals surface area contributed by atoms with Gasteiger partial charge in [0.25, 0.3) is 5.92 Å². The van der Waals surface area contributed by atoms with Gasteiger partial charge in [-0.15, -0.1) is 5.46 Å². The van der Waals surface area contributed by atoms with Crippen molar-refractivity contribution >= 4 is 12.4 Å². The summed E-state index contributed by atoms with van der Waals surface area (Å²) in [7, 11) is 0. The van der Waals surface area contributed by atoms with Crippen LogP contribution >= 0.6 is 0 Å². The van der Waals surface area contributed by atoms with E-state index in [1.54, 1.807) is 0 Å². The summed E-state index contributed by atoms with van der Waals surface area (Å²) in [5, 5.41) is 0. The van der Waals surface area contributed by atoms with Gasteiger partial charge >= 0.3 is 6.98 Å². The number of halogens is 5. The van der Waals surface area contributed by atoms with E-state index in [0.29, 0.717) is 19.1 Å². The highest BCUT2D eigenvalue weighted by Crippen LogP contribution is 2.26. The Labute approximate surface area is 77.8 Å². The molecule has 0 aliphatic heterocycles. The maximum Gasteiger partial charge on any atom is 0.509 e. The minimum absolute atomic E-state index is 0.415. The van der Waals surface area contributed by atoms with Crippen LogP contribution in [0.3, 0.4) is 0 Å². The summed E-state index contributed by atoms with van der Waals surface area (Å²) in [6.45, 7) is -4.46. The second-order valence-electron chi connectivity index (χ2n) is 3.09. The highest BCUT2D eigenvalue weighted by molar-refractivity contribution is 6.73. The molecule has 0 spiro atoms. The third kappa shape index (κ3) is 2.46. The summed E-state index contributed by atoms with van der Waals surface area (Å²) in [6.07, 6.45) is 0. The smallest absolute Gasteiger partial charge is 0.445 e. The van der Waals surface area contributed by atoms with Gasteiger partial charge in [0.2, 0.25) is 0 Å². The van der Waals surface area contributed by atoms with Crippen LogP contribution in [0.25, 0.3) is 0 Å². The molecule has 0 aromatic heterocycles. The molecule has 0 unspecified atom stereocenters. The number of hydrogen-bond acceptors (Lipinski definition) is 0. The lowest BCUT2D eigenvalue weighted by atomic mass is 9.80. The molecule has 0 heterocycles. The molecule has 0 radical (unpaired) electrons. The van der Waals surface area contributed by atoms with Gasteiger partial charge in [0.1, 0.15) is 0 Å². The summed E-state index contributed by atoms with van der Waals surface area (Å²) in [5.41, 5.74) is -1.28. The fourth-order valence-corrected chi connectivity index (χ4v) is 0.994. The summed E-state index contributed by atoms with van der Waals surface area (Å²) in [4.78, 5) is 0. The van der Waals surface area contributed by atoms with Crippen molar-refractivity contribution in [3.63, 3.8) is 0 Å². The van der Waals surface area contributed by atoms with Crippen molar-refractivity contribution in [2.45, 2.75) is 12.8 Å². The van der Waals surface area contributed by atoms with E-state index in [-0.39, 0.29) is 0 Å². The molecule has 6 heteroatoms. The molecule has 0 atom stereocenters. The third-order valence-corrected chi connectivity index (χ3v) is 1.80. The van der Waals surface area contributed by atoms with Crippen molar-refractivity contribution in [2.75, 3.05) is 0 Å². The fraction of sp³-hybridized carbons (Fsp3) is 0.250. The van der Waals surface area contributed by atoms with Gasteiger partial charge in [0.15, 0.2) is 0 Å². The molecule has 0 nitrogen and oxygen atoms in total. The molecule has 0 aliphatic rings. The van der Waals surface area contributed by atoms with Crippen LogP contribution in [0.2, 0.25) is 0 Å². The first-order valence-electron chi connectivity index (χ1n) is 3.89. The maximum absolute atomic E-state index is 12.6. The maximum atomic E-state index is 12.6. The lowest BCUT2D eigenvalue weighted by Crippen LogP contribution is -2.33. The third-order valence-electron chi connectivity index (χ3n) is 1.80. The molecule has 1 rings (SSSR count). The highest BCUT2D eigenvalue weighted by atomic mass is 19.4. The molecule has 0 aliphatic carbocycles. The molecule has 0 amide bonds. The predicted molar refractivity (Wildman–Crippen MR) is 44.7 cm³/mol. The van der Waals surface area contributed by atoms with E-state index in [2.05, 4.69) is 0 Å². The van der Waals surface area contributed by atoms with Crippen molar-refractivity contribution < 1.29 is 21.7 Å². The van der Waals surface area contributed by atoms with Crippen molar-refractivity contribution in [3.8, 4) is 0 Å². The van der Waals surface area contributed by atoms with E-state index in [0.717, 1.165) is 12.1 Å². The minimum Gasteiger partial charge on any atom is -0.445 e. The average Bonchev–Trinajstić information content (AvgIpc) is 2.01. The molecule has 0 fully saturated rings. The Morgan fingerprint density at radius 2 is 1.43 bits per heavy atom. The molecule has 1 aromatic rings. The first-order chi connectivity index (χ1) is 6.21. The molecule has 0 saturated carbocycles. The van der Waals surface area contributed by atoms with E-state index < -0.39 is 23.9 Å². The Hall–Kier alpha value is -1.07. The largest absolute Gasteiger partial charge is 0.509 e. The van der Waals surface area contributed by atoms with Gasteiger partial charge in [-0.25, -0.2) is 8.78 Å². The summed E-state index contributed by atoms with van der Waals surface area (Å²) in [6, 6.07) is 2.94. The SMILES string of the molecule is CC(F)(F)c1ccc([B-](F)(F)F)cc1. The van der Waals surface area contributed by atoms with E-state index in [4.69, 9.17) is 0 Å². The predicted octanol–water partition coefficient (Wildman–Crippen LogP) is 2.85. The lowest BCUT2D eigenvalue weighted by molar-refractivity contribution is 0.0175. The zero-order chi connectivity index (χ0) is 11.0. The van der Waals surface area contributed by atoms with E-state index in [1.165, 1.54) is 0 Å². The van der Waals surface area contributed by atoms with Crippen molar-refractivity contribution in [3.05, 3.63) is 29.8 Å². The van der Waals surface area contributed by atoms with Gasteiger partial charge in [-0.2, -0.15) is 0 Å². The zero-order valence-electron chi connectivity index (χ0n) is 7.28. The Morgan fingerprint density at radius 3 is 1.71 bits per heavy atom. The summed E-state index contributed by atoms with van der Waals surface area (Å²) < 4.78 is 61.5. The molecule has 0 bridgehead atoms. The molecule has 14 heavy (non-hydrogen) atoms. The van der Waals surface area contributed by atoms with Gasteiger partial charge in [-0.3, -0.25) is 0 Å². The van der Waals surface area contributed by atoms with Crippen LogP contribution in [0.4, 0.5) is 21.7 Å². The fourth-order valence-electron chi connectivity index (χ4n) is 0.994. The van der Waals surface area contributed by atoms with E-state index in [9.17, 15) is 21.7 Å². The van der Waals surface area contributed by atoms with Gasteiger partial charge in [-0.1, -0.05) is 24.3 Å². The van der Waals surface area contributed by atoms with Crippen LogP contribution in [0.1, 0.15) is 12.5 Å². The molecular formula is C8H7BF5-. The molecule has 0 N–H and O–H groups in total. The van der Waals surface area contributed by atoms with Crippen LogP contribution < -0.4 is 5.46 Å². The Morgan fingerprint density at radius 1 is 1.00 bits per heavy atom. The average molecular weight is 209 g/mol.